The van der Waals surface area contributed by atoms with Gasteiger partial charge in [0.2, 0.25) is 43.7 Å². The van der Waals surface area contributed by atoms with Crippen molar-refractivity contribution in [3.05, 3.63) is 81.3 Å². The number of ether oxygens (including phenoxy) is 6. The average Bonchev–Trinajstić information content (AvgIpc) is 1.55. The molecule has 29 heteroatoms. The number of sulfonamides is 2. The molecule has 26 nitrogen and oxygen atoms in total. The van der Waals surface area contributed by atoms with Gasteiger partial charge in [-0.25, -0.2) is 26.4 Å². The number of amides is 8. The number of carbonyl (C=O) groups excluding carboxylic acids is 8. The quantitative estimate of drug-likeness (QED) is 0.0607. The molecule has 0 unspecified atom stereocenters. The predicted molar refractivity (Wildman–Crippen MR) is 428 cm³/mol. The third-order valence-electron chi connectivity index (χ3n) is 25.9. The van der Waals surface area contributed by atoms with E-state index in [1.165, 1.54) is 9.80 Å². The molecule has 14 rings (SSSR count). The van der Waals surface area contributed by atoms with Gasteiger partial charge >= 0.3 is 12.2 Å². The number of hydrogen-bond donors (Lipinski definition) is 6. The van der Waals surface area contributed by atoms with E-state index >= 15 is 0 Å². The van der Waals surface area contributed by atoms with Gasteiger partial charge in [-0.2, -0.15) is 0 Å². The molecule has 113 heavy (non-hydrogen) atoms. The molecule has 6 aliphatic carbocycles. The molecule has 618 valence electrons. The Bertz CT molecular complexity index is 4680. The monoisotopic (exact) mass is 1670 g/mol. The Morgan fingerprint density at radius 3 is 1.36 bits per heavy atom. The number of benzene rings is 4. The Balaban J connectivity index is 0.000000198. The van der Waals surface area contributed by atoms with Gasteiger partial charge in [0.25, 0.3) is 11.8 Å². The summed E-state index contributed by atoms with van der Waals surface area (Å²) in [6.07, 6.45) is 11.1. The van der Waals surface area contributed by atoms with Crippen LogP contribution in [-0.2, 0) is 91.8 Å². The van der Waals surface area contributed by atoms with Gasteiger partial charge in [0.15, 0.2) is 0 Å². The van der Waals surface area contributed by atoms with E-state index in [1.54, 1.807) is 28.4 Å². The molecule has 0 radical (unpaired) electrons. The van der Waals surface area contributed by atoms with Crippen molar-refractivity contribution < 1.29 is 83.6 Å². The normalized spacial score (nSPS) is 29.7. The molecule has 10 aliphatic rings. The summed E-state index contributed by atoms with van der Waals surface area (Å²) in [4.78, 5) is 117. The first-order valence-electron chi connectivity index (χ1n) is 40.3. The van der Waals surface area contributed by atoms with Crippen LogP contribution in [0.5, 0.6) is 11.5 Å². The zero-order valence-electron chi connectivity index (χ0n) is 67.9. The van der Waals surface area contributed by atoms with Gasteiger partial charge in [0.1, 0.15) is 57.9 Å². The van der Waals surface area contributed by atoms with Crippen LogP contribution in [0.15, 0.2) is 59.1 Å². The van der Waals surface area contributed by atoms with E-state index in [4.69, 9.17) is 28.4 Å². The van der Waals surface area contributed by atoms with Crippen molar-refractivity contribution in [3.8, 4) is 11.5 Å². The molecule has 8 fully saturated rings. The fourth-order valence-corrected chi connectivity index (χ4v) is 21.4. The maximum Gasteiger partial charge on any atom is 0.407 e. The second-order valence-electron chi connectivity index (χ2n) is 37.6. The maximum atomic E-state index is 14.9. The highest BCUT2D eigenvalue weighted by Gasteiger charge is 2.69. The van der Waals surface area contributed by atoms with Crippen molar-refractivity contribution >= 4 is 105 Å². The van der Waals surface area contributed by atoms with Gasteiger partial charge < -0.3 is 59.5 Å². The summed E-state index contributed by atoms with van der Waals surface area (Å²) in [5, 5.41) is 14.2. The number of carbonyl (C=O) groups is 8. The number of halogens is 1. The number of nitrogens with one attached hydrogen (secondary N) is 6. The van der Waals surface area contributed by atoms with Crippen molar-refractivity contribution in [1.82, 2.24) is 40.5 Å². The standard InChI is InChI=1S/C42H57BrN4O9S.C42H58N4O9S/c1-39(2,3)34-36(49)47-23-41(55-7,22-31(47)35(48)45-42(21-30(42)24-10-11-24)37(50)46-57(52,53)28-13-14-28)27-12-15-29-26(20-27)19-25(33(54-6)32(29)43)9-8-16-40(4,5)17-18-56-38(51)44-34;1-39(2,3)34-36(48)46-24-41(54-7,23-32(46)35(47)44-42(22-31(42)25-10-11-25)37(49)45-56(51,52)30-14-15-30)29-13-12-26-21-33(53-6)27(19-28(26)20-29)9-8-16-40(4,5)17-18-55-38(50)43-34/h12,15,19-20,24,28,30-31,34H,8-11,13-14,16-18,21-23H2,1-7H3,(H,44,51)(H,45,48)(H,46,50);12-13,19-21,25,30-32,34H,8-11,14-18,22-24H2,1-7H3,(H,43,50)(H,44,47)(H,45,49)/t30-,31-,34+,41-,42+;31-,32-,34+,41-,42+/m00/s1. The largest absolute Gasteiger partial charge is 0.496 e. The van der Waals surface area contributed by atoms with E-state index in [2.05, 4.69) is 86.5 Å². The van der Waals surface area contributed by atoms with Gasteiger partial charge in [-0.15, -0.1) is 0 Å². The first kappa shape index (κ1) is 83.6. The molecule has 0 spiro atoms. The maximum absolute atomic E-state index is 14.9. The molecule has 4 aliphatic heterocycles. The number of nitrogens with zero attached hydrogens (tertiary/aromatic N) is 2. The Morgan fingerprint density at radius 2 is 0.956 bits per heavy atom. The number of rotatable bonds is 16. The zero-order chi connectivity index (χ0) is 81.7. The van der Waals surface area contributed by atoms with E-state index in [-0.39, 0.29) is 73.6 Å². The van der Waals surface area contributed by atoms with Crippen molar-refractivity contribution in [2.24, 2.45) is 45.3 Å². The highest BCUT2D eigenvalue weighted by atomic mass is 79.9. The van der Waals surface area contributed by atoms with E-state index in [0.717, 1.165) is 124 Å². The third-order valence-corrected chi connectivity index (χ3v) is 30.3. The van der Waals surface area contributed by atoms with E-state index in [1.807, 2.05) is 84.0 Å². The number of hydrogen-bond acceptors (Lipinski definition) is 18. The molecule has 8 amide bonds. The van der Waals surface area contributed by atoms with Crippen molar-refractivity contribution in [2.75, 3.05) is 54.7 Å². The SMILES string of the molecule is COc1c2cc3cc(ccc3c1Br)[C@]1(OC)C[C@@H](C(=O)N[C@]3(C(=O)NS(=O)(=O)C4CC4)C[C@H]3C3CC3)N(C1)C(=O)[C@H](C(C)(C)C)NC(=O)OCCC(C)(C)CCC2.COc1cc2ccc3cc2cc1CCCC(C)(C)CCOC(=O)N[C@@H](C(C)(C)C)C(=O)N1C[C@@]3(OC)C[C@H]1C(=O)N[C@]1(C(=O)NS(=O)(=O)C2CC2)C[C@H]1C1CC1. The summed E-state index contributed by atoms with van der Waals surface area (Å²) in [6.45, 7) is 19.9. The van der Waals surface area contributed by atoms with Crippen LogP contribution in [-0.4, -0.2) is 175 Å². The molecule has 6 N–H and O–H groups in total. The zero-order valence-corrected chi connectivity index (χ0v) is 71.1. The molecule has 0 aromatic heterocycles. The van der Waals surface area contributed by atoms with E-state index in [0.29, 0.717) is 51.4 Å². The highest BCUT2D eigenvalue weighted by Crippen LogP contribution is 2.59. The predicted octanol–water partition coefficient (Wildman–Crippen LogP) is 10.9. The van der Waals surface area contributed by atoms with Crippen LogP contribution in [0.4, 0.5) is 9.59 Å². The summed E-state index contributed by atoms with van der Waals surface area (Å²) < 4.78 is 92.8. The highest BCUT2D eigenvalue weighted by molar-refractivity contribution is 9.10. The lowest BCUT2D eigenvalue weighted by molar-refractivity contribution is -0.143. The summed E-state index contributed by atoms with van der Waals surface area (Å²) in [7, 11) is -1.31. The van der Waals surface area contributed by atoms with Crippen molar-refractivity contribution in [2.45, 2.75) is 255 Å². The van der Waals surface area contributed by atoms with E-state index in [9.17, 15) is 55.2 Å². The van der Waals surface area contributed by atoms with E-state index < -0.39 is 135 Å². The lowest BCUT2D eigenvalue weighted by Crippen LogP contribution is -2.60. The van der Waals surface area contributed by atoms with Crippen molar-refractivity contribution in [3.63, 3.8) is 0 Å². The number of cyclic esters (lactones) is 2. The molecular weight excluding hydrogens is 1550 g/mol. The van der Waals surface area contributed by atoms with Crippen LogP contribution >= 0.6 is 15.9 Å². The number of aryl methyl sites for hydroxylation is 2. The molecule has 2 saturated heterocycles. The number of methoxy groups -OCH3 is 4. The van der Waals surface area contributed by atoms with Crippen LogP contribution in [0.2, 0.25) is 0 Å². The topological polar surface area (TPSA) is 339 Å². The third kappa shape index (κ3) is 17.6. The average molecular weight is 1670 g/mol. The molecule has 4 aromatic carbocycles. The van der Waals surface area contributed by atoms with Gasteiger partial charge in [-0.3, -0.25) is 38.2 Å². The van der Waals surface area contributed by atoms with Gasteiger partial charge in [0.05, 0.1) is 55.5 Å². The Morgan fingerprint density at radius 1 is 0.531 bits per heavy atom. The molecule has 10 atom stereocenters. The summed E-state index contributed by atoms with van der Waals surface area (Å²) in [5.41, 5.74) is -3.39. The molecular formula is C84H115BrN8O18S2. The van der Waals surface area contributed by atoms with Crippen LogP contribution in [0.25, 0.3) is 21.5 Å². The fourth-order valence-electron chi connectivity index (χ4n) is 17.9. The minimum atomic E-state index is -3.88. The molecule has 10 bridgehead atoms. The van der Waals surface area contributed by atoms with Gasteiger partial charge in [-0.1, -0.05) is 93.5 Å². The van der Waals surface area contributed by atoms with Crippen LogP contribution in [0.3, 0.4) is 0 Å². The Hall–Kier alpha value is -7.34. The minimum absolute atomic E-state index is 0.0201. The molecule has 4 heterocycles. The summed E-state index contributed by atoms with van der Waals surface area (Å²) in [5.74, 6) is -2.07. The Kier molecular flexibility index (Phi) is 22.9. The molecule has 4 aromatic rings. The lowest BCUT2D eigenvalue weighted by atomic mass is 9.83. The number of fused-ring (bicyclic) bond motifs is 10. The Labute approximate surface area is 672 Å². The minimum Gasteiger partial charge on any atom is -0.496 e. The first-order chi connectivity index (χ1) is 53.0. The second-order valence-corrected chi connectivity index (χ2v) is 42.3. The summed E-state index contributed by atoms with van der Waals surface area (Å²) in [6, 6.07) is 13.8. The van der Waals surface area contributed by atoms with Crippen LogP contribution < -0.4 is 40.2 Å². The first-order valence-corrected chi connectivity index (χ1v) is 44.2. The number of alkyl carbamates (subject to hydrolysis) is 2. The smallest absolute Gasteiger partial charge is 0.407 e. The second kappa shape index (κ2) is 30.9. The fraction of sp³-hybridized carbons (Fsp3) is 0.667. The van der Waals surface area contributed by atoms with Crippen LogP contribution in [0.1, 0.15) is 207 Å². The van der Waals surface area contributed by atoms with Gasteiger partial charge in [-0.05, 0) is 251 Å². The van der Waals surface area contributed by atoms with Gasteiger partial charge in [0, 0.05) is 27.1 Å². The van der Waals surface area contributed by atoms with Crippen molar-refractivity contribution in [1.29, 1.82) is 0 Å². The van der Waals surface area contributed by atoms with Crippen LogP contribution in [0, 0.1) is 45.3 Å². The lowest BCUT2D eigenvalue weighted by Gasteiger charge is -2.36. The summed E-state index contributed by atoms with van der Waals surface area (Å²) >= 11 is 3.81. The molecule has 6 saturated carbocycles.